The molecule has 1 aromatic rings. The molecule has 1 atom stereocenters. The summed E-state index contributed by atoms with van der Waals surface area (Å²) in [4.78, 5) is 31.5. The van der Waals surface area contributed by atoms with Gasteiger partial charge >= 0.3 is 0 Å². The Morgan fingerprint density at radius 1 is 1.42 bits per heavy atom. The molecule has 5 nitrogen and oxygen atoms in total. The van der Waals surface area contributed by atoms with Crippen molar-refractivity contribution >= 4 is 23.4 Å². The van der Waals surface area contributed by atoms with Crippen molar-refractivity contribution in [1.29, 1.82) is 0 Å². The standard InChI is InChI=1S/C13H16ClN3O2/c1-16(2)13(19)10-4-3-7-17(10)12(18)9-5-6-11(14)15-8-9/h5-6,8,10H,3-4,7H2,1-2H3. The molecule has 0 bridgehead atoms. The van der Waals surface area contributed by atoms with Gasteiger partial charge in [-0.3, -0.25) is 9.59 Å². The van der Waals surface area contributed by atoms with Gasteiger partial charge in [-0.25, -0.2) is 4.98 Å². The molecular weight excluding hydrogens is 266 g/mol. The Balaban J connectivity index is 2.18. The molecule has 2 heterocycles. The van der Waals surface area contributed by atoms with E-state index >= 15 is 0 Å². The number of likely N-dealkylation sites (tertiary alicyclic amines) is 1. The Labute approximate surface area is 117 Å². The van der Waals surface area contributed by atoms with Crippen LogP contribution in [0.25, 0.3) is 0 Å². The Hall–Kier alpha value is -1.62. The van der Waals surface area contributed by atoms with Crippen LogP contribution in [0.5, 0.6) is 0 Å². The lowest BCUT2D eigenvalue weighted by Crippen LogP contribution is -2.45. The summed E-state index contributed by atoms with van der Waals surface area (Å²) in [6, 6.07) is 2.85. The fraction of sp³-hybridized carbons (Fsp3) is 0.462. The van der Waals surface area contributed by atoms with Crippen LogP contribution in [0.1, 0.15) is 23.2 Å². The van der Waals surface area contributed by atoms with Crippen molar-refractivity contribution in [3.63, 3.8) is 0 Å². The number of halogens is 1. The van der Waals surface area contributed by atoms with Crippen LogP contribution in [0.3, 0.4) is 0 Å². The Kier molecular flexibility index (Phi) is 4.04. The van der Waals surface area contributed by atoms with E-state index in [1.54, 1.807) is 31.1 Å². The Morgan fingerprint density at radius 2 is 2.16 bits per heavy atom. The highest BCUT2D eigenvalue weighted by Crippen LogP contribution is 2.21. The van der Waals surface area contributed by atoms with Crippen LogP contribution >= 0.6 is 11.6 Å². The van der Waals surface area contributed by atoms with Crippen LogP contribution in [0, 0.1) is 0 Å². The summed E-state index contributed by atoms with van der Waals surface area (Å²) in [6.45, 7) is 0.603. The van der Waals surface area contributed by atoms with Gasteiger partial charge in [0.05, 0.1) is 5.56 Å². The largest absolute Gasteiger partial charge is 0.347 e. The third-order valence-corrected chi connectivity index (χ3v) is 3.44. The second-order valence-corrected chi connectivity index (χ2v) is 5.15. The quantitative estimate of drug-likeness (QED) is 0.771. The first-order valence-electron chi connectivity index (χ1n) is 6.14. The molecule has 1 unspecified atom stereocenters. The SMILES string of the molecule is CN(C)C(=O)C1CCCN1C(=O)c1ccc(Cl)nc1. The number of likely N-dealkylation sites (N-methyl/N-ethyl adjacent to an activating group) is 1. The van der Waals surface area contributed by atoms with Gasteiger partial charge in [-0.15, -0.1) is 0 Å². The molecule has 0 saturated carbocycles. The van der Waals surface area contributed by atoms with Crippen molar-refractivity contribution in [2.24, 2.45) is 0 Å². The van der Waals surface area contributed by atoms with E-state index in [1.165, 1.54) is 11.1 Å². The van der Waals surface area contributed by atoms with Crippen molar-refractivity contribution in [3.05, 3.63) is 29.0 Å². The number of rotatable bonds is 2. The lowest BCUT2D eigenvalue weighted by molar-refractivity contribution is -0.132. The molecule has 2 amide bonds. The number of nitrogens with zero attached hydrogens (tertiary/aromatic N) is 3. The second kappa shape index (κ2) is 5.57. The molecule has 1 aliphatic rings. The van der Waals surface area contributed by atoms with Gasteiger partial charge in [0, 0.05) is 26.8 Å². The van der Waals surface area contributed by atoms with Crippen molar-refractivity contribution in [2.45, 2.75) is 18.9 Å². The van der Waals surface area contributed by atoms with E-state index < -0.39 is 0 Å². The summed E-state index contributed by atoms with van der Waals surface area (Å²) < 4.78 is 0. The van der Waals surface area contributed by atoms with E-state index in [1.807, 2.05) is 0 Å². The molecule has 19 heavy (non-hydrogen) atoms. The van der Waals surface area contributed by atoms with Gasteiger partial charge in [-0.1, -0.05) is 11.6 Å². The minimum Gasteiger partial charge on any atom is -0.347 e. The number of hydrogen-bond donors (Lipinski definition) is 0. The molecule has 0 aliphatic carbocycles. The van der Waals surface area contributed by atoms with Gasteiger partial charge in [0.2, 0.25) is 5.91 Å². The summed E-state index contributed by atoms with van der Waals surface area (Å²) in [5.41, 5.74) is 0.461. The average molecular weight is 282 g/mol. The molecule has 0 radical (unpaired) electrons. The van der Waals surface area contributed by atoms with E-state index in [0.717, 1.165) is 6.42 Å². The van der Waals surface area contributed by atoms with Crippen molar-refractivity contribution < 1.29 is 9.59 Å². The fourth-order valence-corrected chi connectivity index (χ4v) is 2.34. The molecule has 0 aromatic carbocycles. The van der Waals surface area contributed by atoms with Crippen molar-refractivity contribution in [3.8, 4) is 0 Å². The van der Waals surface area contributed by atoms with E-state index in [4.69, 9.17) is 11.6 Å². The predicted molar refractivity (Wildman–Crippen MR) is 72.0 cm³/mol. The van der Waals surface area contributed by atoms with E-state index in [2.05, 4.69) is 4.98 Å². The molecule has 2 rings (SSSR count). The molecule has 1 aliphatic heterocycles. The first-order chi connectivity index (χ1) is 9.00. The van der Waals surface area contributed by atoms with Crippen LogP contribution < -0.4 is 0 Å². The Bertz CT molecular complexity index is 487. The van der Waals surface area contributed by atoms with Gasteiger partial charge in [-0.05, 0) is 25.0 Å². The third kappa shape index (κ3) is 2.87. The van der Waals surface area contributed by atoms with Crippen LogP contribution in [0.2, 0.25) is 5.15 Å². The molecule has 102 valence electrons. The summed E-state index contributed by atoms with van der Waals surface area (Å²) in [7, 11) is 3.40. The molecule has 0 N–H and O–H groups in total. The van der Waals surface area contributed by atoms with Crippen molar-refractivity contribution in [1.82, 2.24) is 14.8 Å². The monoisotopic (exact) mass is 281 g/mol. The lowest BCUT2D eigenvalue weighted by atomic mass is 10.2. The topological polar surface area (TPSA) is 53.5 Å². The third-order valence-electron chi connectivity index (χ3n) is 3.21. The lowest BCUT2D eigenvalue weighted by Gasteiger charge is -2.26. The molecule has 1 aromatic heterocycles. The van der Waals surface area contributed by atoms with E-state index in [-0.39, 0.29) is 17.9 Å². The maximum Gasteiger partial charge on any atom is 0.256 e. The fourth-order valence-electron chi connectivity index (χ4n) is 2.23. The van der Waals surface area contributed by atoms with Crippen LogP contribution in [-0.4, -0.2) is 53.3 Å². The number of amides is 2. The number of aromatic nitrogens is 1. The zero-order valence-corrected chi connectivity index (χ0v) is 11.7. The minimum absolute atomic E-state index is 0.0345. The summed E-state index contributed by atoms with van der Waals surface area (Å²) >= 11 is 5.70. The van der Waals surface area contributed by atoms with Gasteiger partial charge in [-0.2, -0.15) is 0 Å². The zero-order valence-electron chi connectivity index (χ0n) is 11.0. The highest BCUT2D eigenvalue weighted by atomic mass is 35.5. The minimum atomic E-state index is -0.363. The number of pyridine rings is 1. The van der Waals surface area contributed by atoms with Crippen LogP contribution in [0.15, 0.2) is 18.3 Å². The Morgan fingerprint density at radius 3 is 2.74 bits per heavy atom. The second-order valence-electron chi connectivity index (χ2n) is 4.76. The number of hydrogen-bond acceptors (Lipinski definition) is 3. The molecular formula is C13H16ClN3O2. The zero-order chi connectivity index (χ0) is 14.0. The number of carbonyl (C=O) groups is 2. The van der Waals surface area contributed by atoms with Crippen LogP contribution in [-0.2, 0) is 4.79 Å². The molecule has 1 fully saturated rings. The highest BCUT2D eigenvalue weighted by Gasteiger charge is 2.35. The van der Waals surface area contributed by atoms with Crippen LogP contribution in [0.4, 0.5) is 0 Å². The molecule has 1 saturated heterocycles. The summed E-state index contributed by atoms with van der Waals surface area (Å²) in [5, 5.41) is 0.346. The molecule has 6 heteroatoms. The first kappa shape index (κ1) is 13.8. The summed E-state index contributed by atoms with van der Waals surface area (Å²) in [5.74, 6) is -0.199. The van der Waals surface area contributed by atoms with E-state index in [9.17, 15) is 9.59 Å². The van der Waals surface area contributed by atoms with Gasteiger partial charge in [0.15, 0.2) is 0 Å². The van der Waals surface area contributed by atoms with Crippen molar-refractivity contribution in [2.75, 3.05) is 20.6 Å². The predicted octanol–water partition coefficient (Wildman–Crippen LogP) is 1.43. The van der Waals surface area contributed by atoms with Gasteiger partial charge in [0.25, 0.3) is 5.91 Å². The summed E-state index contributed by atoms with van der Waals surface area (Å²) in [6.07, 6.45) is 3.00. The maximum atomic E-state index is 12.4. The molecule has 0 spiro atoms. The maximum absolute atomic E-state index is 12.4. The van der Waals surface area contributed by atoms with E-state index in [0.29, 0.717) is 23.7 Å². The first-order valence-corrected chi connectivity index (χ1v) is 6.52. The normalized spacial score (nSPS) is 18.5. The number of carbonyl (C=O) groups excluding carboxylic acids is 2. The highest BCUT2D eigenvalue weighted by molar-refractivity contribution is 6.29. The van der Waals surface area contributed by atoms with Gasteiger partial charge in [0.1, 0.15) is 11.2 Å². The average Bonchev–Trinajstić information content (AvgIpc) is 2.86. The smallest absolute Gasteiger partial charge is 0.256 e. The van der Waals surface area contributed by atoms with Gasteiger partial charge < -0.3 is 9.80 Å².